The SMILES string of the molecule is O=C(CCn1ccccc1=O)N1CCC(C(=O)O)(c2ccccc2)CC1. The molecule has 1 fully saturated rings. The van der Waals surface area contributed by atoms with Crippen LogP contribution in [0.25, 0.3) is 0 Å². The average Bonchev–Trinajstić information content (AvgIpc) is 2.67. The fraction of sp³-hybridized carbons (Fsp3) is 0.350. The van der Waals surface area contributed by atoms with E-state index in [9.17, 15) is 19.5 Å². The number of piperidine rings is 1. The van der Waals surface area contributed by atoms with Crippen LogP contribution in [0.2, 0.25) is 0 Å². The van der Waals surface area contributed by atoms with Gasteiger partial charge in [0.15, 0.2) is 0 Å². The molecule has 136 valence electrons. The minimum atomic E-state index is -0.936. The van der Waals surface area contributed by atoms with E-state index in [0.717, 1.165) is 5.56 Å². The highest BCUT2D eigenvalue weighted by atomic mass is 16.4. The van der Waals surface area contributed by atoms with Crippen LogP contribution in [-0.4, -0.2) is 39.5 Å². The van der Waals surface area contributed by atoms with Crippen LogP contribution in [0.5, 0.6) is 0 Å². The van der Waals surface area contributed by atoms with Gasteiger partial charge in [0.25, 0.3) is 5.56 Å². The number of benzene rings is 1. The number of likely N-dealkylation sites (tertiary alicyclic amines) is 1. The lowest BCUT2D eigenvalue weighted by atomic mass is 9.73. The molecule has 1 amide bonds. The van der Waals surface area contributed by atoms with Gasteiger partial charge in [-0.2, -0.15) is 0 Å². The number of hydrogen-bond donors (Lipinski definition) is 1. The molecule has 0 aliphatic carbocycles. The summed E-state index contributed by atoms with van der Waals surface area (Å²) in [6.07, 6.45) is 2.68. The van der Waals surface area contributed by atoms with Crippen molar-refractivity contribution < 1.29 is 14.7 Å². The number of aryl methyl sites for hydroxylation is 1. The molecular weight excluding hydrogens is 332 g/mol. The lowest BCUT2D eigenvalue weighted by molar-refractivity contribution is -0.148. The van der Waals surface area contributed by atoms with Crippen LogP contribution in [-0.2, 0) is 21.5 Å². The van der Waals surface area contributed by atoms with Gasteiger partial charge in [-0.15, -0.1) is 0 Å². The summed E-state index contributed by atoms with van der Waals surface area (Å²) in [4.78, 5) is 37.8. The maximum Gasteiger partial charge on any atom is 0.314 e. The average molecular weight is 354 g/mol. The van der Waals surface area contributed by atoms with Crippen LogP contribution in [0.3, 0.4) is 0 Å². The molecule has 3 rings (SSSR count). The summed E-state index contributed by atoms with van der Waals surface area (Å²) >= 11 is 0. The highest BCUT2D eigenvalue weighted by molar-refractivity contribution is 5.82. The van der Waals surface area contributed by atoms with Crippen molar-refractivity contribution in [1.29, 1.82) is 0 Å². The number of carboxylic acids is 1. The Labute approximate surface area is 151 Å². The zero-order valence-corrected chi connectivity index (χ0v) is 14.5. The molecule has 1 aromatic heterocycles. The van der Waals surface area contributed by atoms with Crippen LogP contribution in [0, 0.1) is 0 Å². The van der Waals surface area contributed by atoms with Crippen molar-refractivity contribution in [3.05, 3.63) is 70.6 Å². The first-order valence-corrected chi connectivity index (χ1v) is 8.75. The van der Waals surface area contributed by atoms with E-state index in [0.29, 0.717) is 32.5 Å². The van der Waals surface area contributed by atoms with Crippen LogP contribution in [0.15, 0.2) is 59.5 Å². The summed E-state index contributed by atoms with van der Waals surface area (Å²) in [7, 11) is 0. The molecule has 2 heterocycles. The van der Waals surface area contributed by atoms with Crippen LogP contribution in [0.4, 0.5) is 0 Å². The molecule has 2 aromatic rings. The summed E-state index contributed by atoms with van der Waals surface area (Å²) in [6.45, 7) is 1.14. The smallest absolute Gasteiger partial charge is 0.314 e. The van der Waals surface area contributed by atoms with Gasteiger partial charge >= 0.3 is 5.97 Å². The van der Waals surface area contributed by atoms with Gasteiger partial charge < -0.3 is 14.6 Å². The molecule has 1 aromatic carbocycles. The number of pyridine rings is 1. The lowest BCUT2D eigenvalue weighted by Crippen LogP contribution is -2.49. The molecule has 6 nitrogen and oxygen atoms in total. The molecule has 0 bridgehead atoms. The van der Waals surface area contributed by atoms with E-state index in [4.69, 9.17) is 0 Å². The minimum absolute atomic E-state index is 0.0483. The fourth-order valence-corrected chi connectivity index (χ4v) is 3.54. The van der Waals surface area contributed by atoms with Gasteiger partial charge in [0.2, 0.25) is 5.91 Å². The highest BCUT2D eigenvalue weighted by Crippen LogP contribution is 2.36. The van der Waals surface area contributed by atoms with E-state index >= 15 is 0 Å². The van der Waals surface area contributed by atoms with Crippen molar-refractivity contribution in [2.24, 2.45) is 0 Å². The van der Waals surface area contributed by atoms with E-state index in [1.54, 1.807) is 23.2 Å². The Morgan fingerprint density at radius 2 is 1.65 bits per heavy atom. The van der Waals surface area contributed by atoms with Gasteiger partial charge in [0.05, 0.1) is 5.41 Å². The van der Waals surface area contributed by atoms with Crippen LogP contribution >= 0.6 is 0 Å². The summed E-state index contributed by atoms with van der Waals surface area (Å²) < 4.78 is 1.51. The van der Waals surface area contributed by atoms with E-state index in [1.807, 2.05) is 30.3 Å². The molecule has 1 saturated heterocycles. The maximum atomic E-state index is 12.5. The Kier molecular flexibility index (Phi) is 5.21. The Morgan fingerprint density at radius 3 is 2.27 bits per heavy atom. The molecular formula is C20H22N2O4. The molecule has 1 aliphatic heterocycles. The summed E-state index contributed by atoms with van der Waals surface area (Å²) in [5.74, 6) is -0.889. The molecule has 0 atom stereocenters. The Balaban J connectivity index is 1.64. The van der Waals surface area contributed by atoms with E-state index in [-0.39, 0.29) is 17.9 Å². The van der Waals surface area contributed by atoms with Gasteiger partial charge in [-0.1, -0.05) is 36.4 Å². The van der Waals surface area contributed by atoms with Crippen molar-refractivity contribution in [2.45, 2.75) is 31.2 Å². The van der Waals surface area contributed by atoms with Crippen molar-refractivity contribution in [3.8, 4) is 0 Å². The number of carbonyl (C=O) groups excluding carboxylic acids is 1. The molecule has 0 radical (unpaired) electrons. The number of carbonyl (C=O) groups is 2. The normalized spacial score (nSPS) is 16.2. The standard InChI is InChI=1S/C20H22N2O4/c23-17-8-4-5-12-21(17)13-9-18(24)22-14-10-20(11-15-22,19(25)26)16-6-2-1-3-7-16/h1-8,12H,9-11,13-15H2,(H,25,26). The predicted octanol–water partition coefficient (Wildman–Crippen LogP) is 1.88. The predicted molar refractivity (Wildman–Crippen MR) is 96.9 cm³/mol. The number of carboxylic acid groups (broad SMARTS) is 1. The molecule has 1 N–H and O–H groups in total. The van der Waals surface area contributed by atoms with Crippen molar-refractivity contribution in [2.75, 3.05) is 13.1 Å². The summed E-state index contributed by atoms with van der Waals surface area (Å²) in [5.41, 5.74) is -0.280. The monoisotopic (exact) mass is 354 g/mol. The van der Waals surface area contributed by atoms with Gasteiger partial charge in [-0.25, -0.2) is 0 Å². The van der Waals surface area contributed by atoms with Gasteiger partial charge in [-0.05, 0) is 24.5 Å². The number of aliphatic carboxylic acids is 1. The third-order valence-electron chi connectivity index (χ3n) is 5.17. The van der Waals surface area contributed by atoms with Crippen molar-refractivity contribution in [1.82, 2.24) is 9.47 Å². The molecule has 6 heteroatoms. The second kappa shape index (κ2) is 7.56. The highest BCUT2D eigenvalue weighted by Gasteiger charge is 2.43. The van der Waals surface area contributed by atoms with Crippen LogP contribution in [0.1, 0.15) is 24.8 Å². The maximum absolute atomic E-state index is 12.5. The largest absolute Gasteiger partial charge is 0.481 e. The van der Waals surface area contributed by atoms with Gasteiger partial charge in [0.1, 0.15) is 0 Å². The van der Waals surface area contributed by atoms with Crippen molar-refractivity contribution in [3.63, 3.8) is 0 Å². The fourth-order valence-electron chi connectivity index (χ4n) is 3.54. The number of hydrogen-bond acceptors (Lipinski definition) is 3. The van der Waals surface area contributed by atoms with E-state index < -0.39 is 11.4 Å². The molecule has 0 spiro atoms. The van der Waals surface area contributed by atoms with Crippen molar-refractivity contribution >= 4 is 11.9 Å². The van der Waals surface area contributed by atoms with E-state index in [1.165, 1.54) is 10.6 Å². The molecule has 0 unspecified atom stereocenters. The summed E-state index contributed by atoms with van der Waals surface area (Å²) in [5, 5.41) is 9.81. The van der Waals surface area contributed by atoms with Crippen LogP contribution < -0.4 is 5.56 Å². The number of nitrogens with zero attached hydrogens (tertiary/aromatic N) is 2. The lowest BCUT2D eigenvalue weighted by Gasteiger charge is -2.39. The Bertz CT molecular complexity index is 836. The molecule has 1 aliphatic rings. The second-order valence-corrected chi connectivity index (χ2v) is 6.62. The zero-order valence-electron chi connectivity index (χ0n) is 14.5. The first-order chi connectivity index (χ1) is 12.5. The third kappa shape index (κ3) is 3.54. The van der Waals surface area contributed by atoms with Gasteiger partial charge in [-0.3, -0.25) is 14.4 Å². The first-order valence-electron chi connectivity index (χ1n) is 8.75. The molecule has 26 heavy (non-hydrogen) atoms. The topological polar surface area (TPSA) is 79.6 Å². The van der Waals surface area contributed by atoms with E-state index in [2.05, 4.69) is 0 Å². The molecule has 0 saturated carbocycles. The zero-order chi connectivity index (χ0) is 18.6. The quantitative estimate of drug-likeness (QED) is 0.889. The Hall–Kier alpha value is -2.89. The number of amides is 1. The number of aromatic nitrogens is 1. The Morgan fingerprint density at radius 1 is 1.00 bits per heavy atom. The number of rotatable bonds is 5. The third-order valence-corrected chi connectivity index (χ3v) is 5.17. The minimum Gasteiger partial charge on any atom is -0.481 e. The first kappa shape index (κ1) is 17.9. The van der Waals surface area contributed by atoms with Gasteiger partial charge in [0, 0.05) is 38.3 Å². The summed E-state index contributed by atoms with van der Waals surface area (Å²) in [6, 6.07) is 14.1. The second-order valence-electron chi connectivity index (χ2n) is 6.62.